The van der Waals surface area contributed by atoms with Crippen LogP contribution in [0.1, 0.15) is 48.7 Å². The second-order valence-corrected chi connectivity index (χ2v) is 13.5. The molecule has 6 rings (SSSR count). The molecule has 3 fully saturated rings. The number of carbonyl (C=O) groups excluding carboxylic acids is 1. The molecule has 0 atom stereocenters. The third kappa shape index (κ3) is 5.38. The van der Waals surface area contributed by atoms with Gasteiger partial charge in [0.2, 0.25) is 10.0 Å². The minimum atomic E-state index is -3.47. The van der Waals surface area contributed by atoms with Crippen molar-refractivity contribution in [3.63, 3.8) is 0 Å². The van der Waals surface area contributed by atoms with Gasteiger partial charge in [-0.05, 0) is 74.4 Å². The number of hydrogen-bond acceptors (Lipinski definition) is 6. The van der Waals surface area contributed by atoms with Gasteiger partial charge in [-0.25, -0.2) is 17.2 Å². The molecule has 3 aliphatic rings. The van der Waals surface area contributed by atoms with Crippen molar-refractivity contribution in [3.05, 3.63) is 47.7 Å². The first-order chi connectivity index (χ1) is 18.9. The first kappa shape index (κ1) is 26.9. The van der Waals surface area contributed by atoms with Crippen molar-refractivity contribution in [1.82, 2.24) is 14.7 Å². The number of amides is 1. The van der Waals surface area contributed by atoms with Crippen molar-refractivity contribution in [2.75, 3.05) is 46.9 Å². The number of aromatic nitrogens is 2. The number of likely N-dealkylation sites (tertiary alicyclic amines) is 1. The molecule has 0 radical (unpaired) electrons. The molecule has 0 bridgehead atoms. The van der Waals surface area contributed by atoms with Crippen LogP contribution >= 0.6 is 0 Å². The summed E-state index contributed by atoms with van der Waals surface area (Å²) in [7, 11) is -1.66. The van der Waals surface area contributed by atoms with Gasteiger partial charge in [-0.3, -0.25) is 19.1 Å². The number of hydrogen-bond donors (Lipinski definition) is 2. The number of piperidine rings is 1. The Morgan fingerprint density at radius 2 is 1.73 bits per heavy atom. The Labute approximate surface area is 232 Å². The van der Waals surface area contributed by atoms with E-state index in [-0.39, 0.29) is 24.7 Å². The minimum Gasteiger partial charge on any atom is -0.371 e. The Morgan fingerprint density at radius 1 is 1.02 bits per heavy atom. The first-order valence-electron chi connectivity index (χ1n) is 13.7. The highest BCUT2D eigenvalue weighted by molar-refractivity contribution is 7.92. The lowest BCUT2D eigenvalue weighted by atomic mass is 9.93. The fraction of sp³-hybridized carbons (Fsp3) is 0.500. The lowest BCUT2D eigenvalue weighted by Gasteiger charge is -2.38. The highest BCUT2D eigenvalue weighted by Crippen LogP contribution is 2.54. The summed E-state index contributed by atoms with van der Waals surface area (Å²) < 4.78 is 55.5. The zero-order valence-electron chi connectivity index (χ0n) is 22.7. The molecule has 1 aromatic heterocycles. The van der Waals surface area contributed by atoms with Crippen molar-refractivity contribution in [1.29, 1.82) is 0 Å². The molecular weight excluding hydrogens is 538 g/mol. The van der Waals surface area contributed by atoms with Crippen LogP contribution in [0.5, 0.6) is 0 Å². The van der Waals surface area contributed by atoms with E-state index in [1.807, 2.05) is 12.1 Å². The van der Waals surface area contributed by atoms with Gasteiger partial charge in [-0.2, -0.15) is 5.10 Å². The topological polar surface area (TPSA) is 99.6 Å². The van der Waals surface area contributed by atoms with E-state index in [9.17, 15) is 22.0 Å². The van der Waals surface area contributed by atoms with E-state index in [1.165, 1.54) is 12.8 Å². The van der Waals surface area contributed by atoms with Crippen molar-refractivity contribution in [2.24, 2.45) is 12.5 Å². The number of sulfonamides is 1. The lowest BCUT2D eigenvalue weighted by molar-refractivity contribution is -0.134. The smallest absolute Gasteiger partial charge is 0.272 e. The summed E-state index contributed by atoms with van der Waals surface area (Å²) in [6, 6.07) is 10.5. The van der Waals surface area contributed by atoms with Gasteiger partial charge in [0.25, 0.3) is 11.8 Å². The van der Waals surface area contributed by atoms with Crippen LogP contribution in [-0.2, 0) is 23.6 Å². The van der Waals surface area contributed by atoms with E-state index in [1.54, 1.807) is 47.8 Å². The third-order valence-corrected chi connectivity index (χ3v) is 9.79. The van der Waals surface area contributed by atoms with Gasteiger partial charge in [-0.1, -0.05) is 0 Å². The molecule has 3 heterocycles. The number of nitrogens with one attached hydrogen (secondary N) is 2. The monoisotopic (exact) mass is 572 g/mol. The molecular formula is C28H34F2N6O3S. The van der Waals surface area contributed by atoms with Crippen molar-refractivity contribution in [2.45, 2.75) is 45.1 Å². The summed E-state index contributed by atoms with van der Waals surface area (Å²) in [5.74, 6) is -3.00. The van der Waals surface area contributed by atoms with Crippen LogP contribution in [0.3, 0.4) is 0 Å². The number of halogens is 2. The van der Waals surface area contributed by atoms with Crippen LogP contribution in [-0.4, -0.2) is 66.9 Å². The van der Waals surface area contributed by atoms with Gasteiger partial charge in [0.05, 0.1) is 47.0 Å². The maximum Gasteiger partial charge on any atom is 0.272 e. The molecule has 0 unspecified atom stereocenters. The number of anilines is 3. The SMILES string of the molecule is CCS(=O)(=O)Nc1ccc(C(=O)Nc2ccc3c(c2)c(CN2CC(F)(F)C2)nn3C)c(N2CCC3(CC2)CC3)c1. The number of rotatable bonds is 8. The summed E-state index contributed by atoms with van der Waals surface area (Å²) in [4.78, 5) is 17.4. The molecule has 9 nitrogen and oxygen atoms in total. The summed E-state index contributed by atoms with van der Waals surface area (Å²) in [5, 5.41) is 8.32. The van der Waals surface area contributed by atoms with Crippen LogP contribution in [0.25, 0.3) is 10.9 Å². The summed E-state index contributed by atoms with van der Waals surface area (Å²) in [6.45, 7) is 2.93. The van der Waals surface area contributed by atoms with Gasteiger partial charge in [0.1, 0.15) is 0 Å². The second kappa shape index (κ2) is 9.69. The van der Waals surface area contributed by atoms with Crippen LogP contribution in [0.2, 0.25) is 0 Å². The zero-order valence-corrected chi connectivity index (χ0v) is 23.5. The predicted octanol–water partition coefficient (Wildman–Crippen LogP) is 4.42. The molecule has 2 aliphatic heterocycles. The number of carbonyl (C=O) groups is 1. The molecule has 2 N–H and O–H groups in total. The number of alkyl halides is 2. The molecule has 1 saturated carbocycles. The Hall–Kier alpha value is -3.25. The van der Waals surface area contributed by atoms with E-state index in [4.69, 9.17) is 0 Å². The molecule has 12 heteroatoms. The molecule has 214 valence electrons. The van der Waals surface area contributed by atoms with Gasteiger partial charge in [0, 0.05) is 37.8 Å². The number of benzene rings is 2. The standard InChI is InChI=1S/C28H34F2N6O3S/c1-3-40(38,39)33-20-4-6-21(25(15-20)36-12-10-27(8-9-27)11-13-36)26(37)31-19-5-7-24-22(14-19)23(32-34(24)2)16-35-17-28(29,30)18-35/h4-7,14-15,33H,3,8-13,16-18H2,1-2H3,(H,31,37). The Balaban J connectivity index is 1.26. The second-order valence-electron chi connectivity index (χ2n) is 11.5. The Kier molecular flexibility index (Phi) is 6.53. The van der Waals surface area contributed by atoms with Crippen molar-refractivity contribution < 1.29 is 22.0 Å². The van der Waals surface area contributed by atoms with Crippen LogP contribution < -0.4 is 14.9 Å². The van der Waals surface area contributed by atoms with Crippen LogP contribution in [0, 0.1) is 5.41 Å². The van der Waals surface area contributed by atoms with Crippen molar-refractivity contribution in [3.8, 4) is 0 Å². The van der Waals surface area contributed by atoms with E-state index in [2.05, 4.69) is 20.0 Å². The maximum atomic E-state index is 13.6. The van der Waals surface area contributed by atoms with Gasteiger partial charge >= 0.3 is 0 Å². The largest absolute Gasteiger partial charge is 0.371 e. The van der Waals surface area contributed by atoms with Crippen LogP contribution in [0.15, 0.2) is 36.4 Å². The van der Waals surface area contributed by atoms with E-state index in [0.29, 0.717) is 40.3 Å². The van der Waals surface area contributed by atoms with Gasteiger partial charge in [0.15, 0.2) is 0 Å². The fourth-order valence-corrected chi connectivity index (χ4v) is 6.49. The van der Waals surface area contributed by atoms with Gasteiger partial charge in [-0.15, -0.1) is 0 Å². The Morgan fingerprint density at radius 3 is 2.38 bits per heavy atom. The molecule has 3 aromatic rings. The molecule has 1 amide bonds. The molecule has 40 heavy (non-hydrogen) atoms. The minimum absolute atomic E-state index is 0.0458. The molecule has 2 aromatic carbocycles. The summed E-state index contributed by atoms with van der Waals surface area (Å²) in [5.41, 5.74) is 4.13. The number of aryl methyl sites for hydroxylation is 1. The molecule has 1 spiro atoms. The number of nitrogens with zero attached hydrogens (tertiary/aromatic N) is 4. The fourth-order valence-electron chi connectivity index (χ4n) is 5.86. The predicted molar refractivity (Wildman–Crippen MR) is 152 cm³/mol. The first-order valence-corrected chi connectivity index (χ1v) is 15.4. The average molecular weight is 573 g/mol. The lowest BCUT2D eigenvalue weighted by Crippen LogP contribution is -2.55. The van der Waals surface area contributed by atoms with E-state index < -0.39 is 15.9 Å². The Bertz CT molecular complexity index is 1570. The average Bonchev–Trinajstić information content (AvgIpc) is 3.58. The summed E-state index contributed by atoms with van der Waals surface area (Å²) in [6.07, 6.45) is 4.62. The zero-order chi connectivity index (χ0) is 28.3. The highest BCUT2D eigenvalue weighted by atomic mass is 32.2. The van der Waals surface area contributed by atoms with E-state index >= 15 is 0 Å². The summed E-state index contributed by atoms with van der Waals surface area (Å²) >= 11 is 0. The molecule has 2 saturated heterocycles. The normalized spacial score (nSPS) is 19.9. The third-order valence-electron chi connectivity index (χ3n) is 8.49. The molecule has 1 aliphatic carbocycles. The van der Waals surface area contributed by atoms with Gasteiger partial charge < -0.3 is 10.2 Å². The highest BCUT2D eigenvalue weighted by Gasteiger charge is 2.45. The van der Waals surface area contributed by atoms with Crippen LogP contribution in [0.4, 0.5) is 25.8 Å². The van der Waals surface area contributed by atoms with E-state index in [0.717, 1.165) is 36.8 Å². The maximum absolute atomic E-state index is 13.6. The van der Waals surface area contributed by atoms with Crippen molar-refractivity contribution >= 4 is 43.9 Å². The quantitative estimate of drug-likeness (QED) is 0.415. The number of fused-ring (bicyclic) bond motifs is 1.